The van der Waals surface area contributed by atoms with Crippen LogP contribution in [0.1, 0.15) is 24.4 Å². The summed E-state index contributed by atoms with van der Waals surface area (Å²) < 4.78 is 7.34. The van der Waals surface area contributed by atoms with E-state index in [1.807, 2.05) is 74.0 Å². The normalized spacial score (nSPS) is 14.0. The average molecular weight is 438 g/mol. The molecule has 0 radical (unpaired) electrons. The molecule has 0 spiro atoms. The van der Waals surface area contributed by atoms with Crippen LogP contribution in [-0.4, -0.2) is 38.9 Å². The SMILES string of the molecule is Cc1ccc(NC(=O)CSc2nnc(C(C)N3C(=O)COc4ccccc43)n2C)cc1. The van der Waals surface area contributed by atoms with E-state index in [0.29, 0.717) is 22.4 Å². The Kier molecular flexibility index (Phi) is 5.94. The molecule has 0 saturated heterocycles. The van der Waals surface area contributed by atoms with E-state index in [1.54, 1.807) is 4.90 Å². The molecule has 160 valence electrons. The van der Waals surface area contributed by atoms with Gasteiger partial charge in [0, 0.05) is 12.7 Å². The number of para-hydroxylation sites is 2. The van der Waals surface area contributed by atoms with E-state index in [9.17, 15) is 9.59 Å². The summed E-state index contributed by atoms with van der Waals surface area (Å²) in [6.07, 6.45) is 0. The second-order valence-corrected chi connectivity index (χ2v) is 8.24. The fourth-order valence-corrected chi connectivity index (χ4v) is 4.16. The zero-order chi connectivity index (χ0) is 22.0. The van der Waals surface area contributed by atoms with Crippen LogP contribution in [0.15, 0.2) is 53.7 Å². The molecule has 1 aliphatic heterocycles. The highest BCUT2D eigenvalue weighted by Crippen LogP contribution is 2.37. The number of anilines is 2. The molecule has 2 heterocycles. The number of ether oxygens (including phenoxy) is 1. The van der Waals surface area contributed by atoms with E-state index in [1.165, 1.54) is 11.8 Å². The van der Waals surface area contributed by atoms with Crippen LogP contribution in [0.2, 0.25) is 0 Å². The number of hydrogen-bond donors (Lipinski definition) is 1. The molecule has 31 heavy (non-hydrogen) atoms. The summed E-state index contributed by atoms with van der Waals surface area (Å²) in [5.41, 5.74) is 2.60. The maximum Gasteiger partial charge on any atom is 0.265 e. The van der Waals surface area contributed by atoms with E-state index < -0.39 is 0 Å². The number of nitrogens with zero attached hydrogens (tertiary/aromatic N) is 4. The molecule has 3 aromatic rings. The molecule has 1 atom stereocenters. The number of carbonyl (C=O) groups excluding carboxylic acids is 2. The number of nitrogens with one attached hydrogen (secondary N) is 1. The van der Waals surface area contributed by atoms with Gasteiger partial charge < -0.3 is 14.6 Å². The lowest BCUT2D eigenvalue weighted by Gasteiger charge is -2.33. The number of amides is 2. The van der Waals surface area contributed by atoms with Crippen molar-refractivity contribution in [3.63, 3.8) is 0 Å². The average Bonchev–Trinajstić information content (AvgIpc) is 3.14. The maximum atomic E-state index is 12.6. The van der Waals surface area contributed by atoms with Gasteiger partial charge in [0.15, 0.2) is 17.6 Å². The number of thioether (sulfide) groups is 1. The van der Waals surface area contributed by atoms with Gasteiger partial charge in [0.2, 0.25) is 5.91 Å². The number of carbonyl (C=O) groups is 2. The first-order valence-corrected chi connectivity index (χ1v) is 10.8. The Bertz CT molecular complexity index is 1110. The molecule has 4 rings (SSSR count). The van der Waals surface area contributed by atoms with Crippen molar-refractivity contribution in [3.8, 4) is 5.75 Å². The van der Waals surface area contributed by atoms with Crippen LogP contribution in [-0.2, 0) is 16.6 Å². The Labute approximate surface area is 184 Å². The van der Waals surface area contributed by atoms with E-state index in [-0.39, 0.29) is 30.2 Å². The number of benzene rings is 2. The first-order chi connectivity index (χ1) is 14.9. The lowest BCUT2D eigenvalue weighted by molar-refractivity contribution is -0.121. The van der Waals surface area contributed by atoms with Crippen molar-refractivity contribution in [2.45, 2.75) is 25.0 Å². The number of rotatable bonds is 6. The molecular weight excluding hydrogens is 414 g/mol. The third kappa shape index (κ3) is 4.41. The molecule has 2 aromatic carbocycles. The van der Waals surface area contributed by atoms with E-state index >= 15 is 0 Å². The van der Waals surface area contributed by atoms with Gasteiger partial charge in [-0.2, -0.15) is 0 Å². The first kappa shape index (κ1) is 20.9. The molecular formula is C22H23N5O3S. The van der Waals surface area contributed by atoms with Crippen LogP contribution in [0.25, 0.3) is 0 Å². The molecule has 0 fully saturated rings. The van der Waals surface area contributed by atoms with Crippen molar-refractivity contribution in [3.05, 3.63) is 59.9 Å². The molecule has 8 nitrogen and oxygen atoms in total. The zero-order valence-corrected chi connectivity index (χ0v) is 18.3. The number of aryl methyl sites for hydroxylation is 1. The van der Waals surface area contributed by atoms with Crippen molar-refractivity contribution in [2.75, 3.05) is 22.6 Å². The summed E-state index contributed by atoms with van der Waals surface area (Å²) in [6, 6.07) is 14.7. The molecule has 1 aliphatic rings. The smallest absolute Gasteiger partial charge is 0.265 e. The lowest BCUT2D eigenvalue weighted by Crippen LogP contribution is -2.41. The van der Waals surface area contributed by atoms with Crippen LogP contribution in [0.4, 0.5) is 11.4 Å². The van der Waals surface area contributed by atoms with Crippen LogP contribution >= 0.6 is 11.8 Å². The van der Waals surface area contributed by atoms with Crippen molar-refractivity contribution in [1.82, 2.24) is 14.8 Å². The second-order valence-electron chi connectivity index (χ2n) is 7.30. The Morgan fingerprint density at radius 2 is 1.94 bits per heavy atom. The number of hydrogen-bond acceptors (Lipinski definition) is 6. The van der Waals surface area contributed by atoms with Crippen molar-refractivity contribution in [1.29, 1.82) is 0 Å². The van der Waals surface area contributed by atoms with Gasteiger partial charge in [-0.15, -0.1) is 10.2 Å². The number of aromatic nitrogens is 3. The standard InChI is InChI=1S/C22H23N5O3S/c1-14-8-10-16(11-9-14)23-19(28)13-31-22-25-24-21(26(22)3)15(2)27-17-6-4-5-7-18(17)30-12-20(27)29/h4-11,15H,12-13H2,1-3H3,(H,23,28). The molecule has 0 bridgehead atoms. The Balaban J connectivity index is 1.45. The third-order valence-electron chi connectivity index (χ3n) is 5.04. The van der Waals surface area contributed by atoms with E-state index in [2.05, 4.69) is 15.5 Å². The Morgan fingerprint density at radius 1 is 1.19 bits per heavy atom. The number of fused-ring (bicyclic) bond motifs is 1. The van der Waals surface area contributed by atoms with Gasteiger partial charge >= 0.3 is 0 Å². The monoisotopic (exact) mass is 437 g/mol. The molecule has 9 heteroatoms. The van der Waals surface area contributed by atoms with Crippen LogP contribution in [0.5, 0.6) is 5.75 Å². The third-order valence-corrected chi connectivity index (χ3v) is 6.06. The highest BCUT2D eigenvalue weighted by Gasteiger charge is 2.32. The topological polar surface area (TPSA) is 89.3 Å². The molecule has 2 amide bonds. The predicted octanol–water partition coefficient (Wildman–Crippen LogP) is 3.34. The van der Waals surface area contributed by atoms with Crippen LogP contribution < -0.4 is 15.0 Å². The van der Waals surface area contributed by atoms with Crippen molar-refractivity contribution in [2.24, 2.45) is 7.05 Å². The van der Waals surface area contributed by atoms with Gasteiger partial charge in [0.05, 0.1) is 17.5 Å². The van der Waals surface area contributed by atoms with Crippen molar-refractivity contribution < 1.29 is 14.3 Å². The highest BCUT2D eigenvalue weighted by molar-refractivity contribution is 7.99. The van der Waals surface area contributed by atoms with E-state index in [0.717, 1.165) is 11.3 Å². The fraction of sp³-hybridized carbons (Fsp3) is 0.273. The summed E-state index contributed by atoms with van der Waals surface area (Å²) in [5.74, 6) is 1.24. The fourth-order valence-electron chi connectivity index (χ4n) is 3.44. The van der Waals surface area contributed by atoms with Crippen LogP contribution in [0, 0.1) is 6.92 Å². The van der Waals surface area contributed by atoms with Gasteiger partial charge in [0.25, 0.3) is 5.91 Å². The van der Waals surface area contributed by atoms with Crippen LogP contribution in [0.3, 0.4) is 0 Å². The summed E-state index contributed by atoms with van der Waals surface area (Å²) in [5, 5.41) is 12.0. The predicted molar refractivity (Wildman–Crippen MR) is 119 cm³/mol. The highest BCUT2D eigenvalue weighted by atomic mass is 32.2. The van der Waals surface area contributed by atoms with Crippen molar-refractivity contribution >= 4 is 35.0 Å². The van der Waals surface area contributed by atoms with Gasteiger partial charge in [-0.1, -0.05) is 41.6 Å². The molecule has 1 aromatic heterocycles. The first-order valence-electron chi connectivity index (χ1n) is 9.86. The summed E-state index contributed by atoms with van der Waals surface area (Å²) >= 11 is 1.30. The summed E-state index contributed by atoms with van der Waals surface area (Å²) in [4.78, 5) is 26.6. The second kappa shape index (κ2) is 8.81. The van der Waals surface area contributed by atoms with Gasteiger partial charge in [-0.25, -0.2) is 0 Å². The minimum Gasteiger partial charge on any atom is -0.482 e. The Morgan fingerprint density at radius 3 is 2.71 bits per heavy atom. The summed E-state index contributed by atoms with van der Waals surface area (Å²) in [6.45, 7) is 3.89. The zero-order valence-electron chi connectivity index (χ0n) is 17.5. The summed E-state index contributed by atoms with van der Waals surface area (Å²) in [7, 11) is 1.84. The van der Waals surface area contributed by atoms with Gasteiger partial charge in [-0.3, -0.25) is 14.5 Å². The molecule has 1 unspecified atom stereocenters. The van der Waals surface area contributed by atoms with Gasteiger partial charge in [0.1, 0.15) is 5.75 Å². The van der Waals surface area contributed by atoms with E-state index in [4.69, 9.17) is 4.74 Å². The largest absolute Gasteiger partial charge is 0.482 e. The maximum absolute atomic E-state index is 12.6. The Hall–Kier alpha value is -3.33. The molecule has 0 aliphatic carbocycles. The molecule has 0 saturated carbocycles. The lowest BCUT2D eigenvalue weighted by atomic mass is 10.1. The molecule has 1 N–H and O–H groups in total. The quantitative estimate of drug-likeness (QED) is 0.595. The van der Waals surface area contributed by atoms with Gasteiger partial charge in [-0.05, 0) is 38.1 Å². The minimum absolute atomic E-state index is 0.0139. The minimum atomic E-state index is -0.342.